The summed E-state index contributed by atoms with van der Waals surface area (Å²) in [7, 11) is 0. The molecular formula is C15H24ClN5OS. The standard InChI is InChI=1S/C15H23N5OS.ClH/c1-3-16-9-12-4-6-19(7-5-12)10-13-18-20-14(21)8-11(2)17-15(20)22-13;/h8,12,16H,3-7,9-10H2,1-2H3;1H. The van der Waals surface area contributed by atoms with E-state index < -0.39 is 0 Å². The monoisotopic (exact) mass is 357 g/mol. The molecule has 0 spiro atoms. The molecule has 0 radical (unpaired) electrons. The second kappa shape index (κ2) is 8.19. The van der Waals surface area contributed by atoms with Crippen LogP contribution in [0.1, 0.15) is 30.5 Å². The molecule has 3 heterocycles. The van der Waals surface area contributed by atoms with Gasteiger partial charge in [-0.2, -0.15) is 9.61 Å². The zero-order valence-electron chi connectivity index (χ0n) is 13.6. The Morgan fingerprint density at radius 1 is 1.39 bits per heavy atom. The minimum absolute atomic E-state index is 0. The number of rotatable bonds is 5. The van der Waals surface area contributed by atoms with Gasteiger partial charge < -0.3 is 5.32 Å². The van der Waals surface area contributed by atoms with Gasteiger partial charge in [-0.3, -0.25) is 9.69 Å². The van der Waals surface area contributed by atoms with Gasteiger partial charge in [0, 0.05) is 11.8 Å². The number of hydrogen-bond donors (Lipinski definition) is 1. The minimum atomic E-state index is -0.0886. The Hall–Kier alpha value is -1.02. The molecule has 1 fully saturated rings. The van der Waals surface area contributed by atoms with Crippen LogP contribution < -0.4 is 10.9 Å². The summed E-state index contributed by atoms with van der Waals surface area (Å²) in [6, 6.07) is 1.53. The van der Waals surface area contributed by atoms with E-state index in [0.717, 1.165) is 49.3 Å². The minimum Gasteiger partial charge on any atom is -0.317 e. The van der Waals surface area contributed by atoms with Gasteiger partial charge >= 0.3 is 0 Å². The average Bonchev–Trinajstić information content (AvgIpc) is 2.89. The number of nitrogens with zero attached hydrogens (tertiary/aromatic N) is 4. The maximum Gasteiger partial charge on any atom is 0.275 e. The Morgan fingerprint density at radius 3 is 2.83 bits per heavy atom. The lowest BCUT2D eigenvalue weighted by molar-refractivity contribution is 0.175. The Kier molecular flexibility index (Phi) is 6.52. The van der Waals surface area contributed by atoms with Gasteiger partial charge in [0.05, 0.1) is 6.54 Å². The number of nitrogens with one attached hydrogen (secondary N) is 1. The van der Waals surface area contributed by atoms with Crippen LogP contribution in [0.4, 0.5) is 0 Å². The van der Waals surface area contributed by atoms with Gasteiger partial charge in [0.15, 0.2) is 0 Å². The molecule has 1 aliphatic heterocycles. The molecule has 23 heavy (non-hydrogen) atoms. The molecule has 2 aromatic heterocycles. The van der Waals surface area contributed by atoms with Crippen LogP contribution in [0.5, 0.6) is 0 Å². The molecule has 0 unspecified atom stereocenters. The van der Waals surface area contributed by atoms with Crippen molar-refractivity contribution in [2.75, 3.05) is 26.2 Å². The quantitative estimate of drug-likeness (QED) is 0.882. The lowest BCUT2D eigenvalue weighted by Gasteiger charge is -2.31. The largest absolute Gasteiger partial charge is 0.317 e. The molecule has 0 bridgehead atoms. The van der Waals surface area contributed by atoms with Crippen molar-refractivity contribution in [1.82, 2.24) is 24.8 Å². The molecule has 0 aromatic carbocycles. The highest BCUT2D eigenvalue weighted by Gasteiger charge is 2.20. The fourth-order valence-electron chi connectivity index (χ4n) is 2.91. The smallest absolute Gasteiger partial charge is 0.275 e. The van der Waals surface area contributed by atoms with Gasteiger partial charge in [-0.25, -0.2) is 4.98 Å². The highest BCUT2D eigenvalue weighted by Crippen LogP contribution is 2.20. The second-order valence-electron chi connectivity index (χ2n) is 5.95. The van der Waals surface area contributed by atoms with E-state index in [2.05, 4.69) is 27.2 Å². The fraction of sp³-hybridized carbons (Fsp3) is 0.667. The van der Waals surface area contributed by atoms with Gasteiger partial charge in [-0.1, -0.05) is 18.3 Å². The highest BCUT2D eigenvalue weighted by atomic mass is 35.5. The molecule has 0 amide bonds. The maximum absolute atomic E-state index is 11.9. The lowest BCUT2D eigenvalue weighted by atomic mass is 9.97. The maximum atomic E-state index is 11.9. The van der Waals surface area contributed by atoms with E-state index in [1.807, 2.05) is 6.92 Å². The van der Waals surface area contributed by atoms with Crippen LogP contribution in [0.3, 0.4) is 0 Å². The van der Waals surface area contributed by atoms with Gasteiger partial charge in [0.2, 0.25) is 4.96 Å². The van der Waals surface area contributed by atoms with Crippen molar-refractivity contribution in [3.05, 3.63) is 27.1 Å². The summed E-state index contributed by atoms with van der Waals surface area (Å²) in [6.07, 6.45) is 2.46. The van der Waals surface area contributed by atoms with Crippen LogP contribution in [-0.4, -0.2) is 45.7 Å². The number of aryl methyl sites for hydroxylation is 1. The molecule has 1 saturated heterocycles. The third-order valence-electron chi connectivity index (χ3n) is 4.16. The summed E-state index contributed by atoms with van der Waals surface area (Å²) in [5, 5.41) is 8.83. The summed E-state index contributed by atoms with van der Waals surface area (Å²) in [5.74, 6) is 0.790. The van der Waals surface area contributed by atoms with Crippen LogP contribution in [0.2, 0.25) is 0 Å². The van der Waals surface area contributed by atoms with Crippen LogP contribution in [0.15, 0.2) is 10.9 Å². The van der Waals surface area contributed by atoms with Crippen molar-refractivity contribution < 1.29 is 0 Å². The first-order valence-electron chi connectivity index (χ1n) is 7.95. The van der Waals surface area contributed by atoms with Gasteiger partial charge in [0.1, 0.15) is 5.01 Å². The lowest BCUT2D eigenvalue weighted by Crippen LogP contribution is -2.36. The van der Waals surface area contributed by atoms with Crippen molar-refractivity contribution in [1.29, 1.82) is 0 Å². The van der Waals surface area contributed by atoms with Crippen molar-refractivity contribution in [3.8, 4) is 0 Å². The first-order valence-corrected chi connectivity index (χ1v) is 8.77. The molecule has 1 N–H and O–H groups in total. The topological polar surface area (TPSA) is 62.5 Å². The second-order valence-corrected chi connectivity index (χ2v) is 6.99. The van der Waals surface area contributed by atoms with Crippen LogP contribution >= 0.6 is 23.7 Å². The molecule has 0 aliphatic carbocycles. The molecular weight excluding hydrogens is 334 g/mol. The molecule has 0 saturated carbocycles. The van der Waals surface area contributed by atoms with Crippen molar-refractivity contribution >= 4 is 28.7 Å². The van der Waals surface area contributed by atoms with Crippen LogP contribution in [0, 0.1) is 12.8 Å². The Bertz CT molecular complexity index is 693. The van der Waals surface area contributed by atoms with Gasteiger partial charge in [-0.05, 0) is 51.9 Å². The zero-order valence-corrected chi connectivity index (χ0v) is 15.3. The van der Waals surface area contributed by atoms with E-state index in [1.54, 1.807) is 0 Å². The van der Waals surface area contributed by atoms with Gasteiger partial charge in [-0.15, -0.1) is 12.4 Å². The average molecular weight is 358 g/mol. The third-order valence-corrected chi connectivity index (χ3v) is 5.06. The van der Waals surface area contributed by atoms with E-state index in [0.29, 0.717) is 4.96 Å². The Morgan fingerprint density at radius 2 is 2.13 bits per heavy atom. The summed E-state index contributed by atoms with van der Waals surface area (Å²) >= 11 is 1.52. The summed E-state index contributed by atoms with van der Waals surface area (Å²) < 4.78 is 1.42. The number of halogens is 1. The first-order chi connectivity index (χ1) is 10.7. The number of hydrogen-bond acceptors (Lipinski definition) is 6. The summed E-state index contributed by atoms with van der Waals surface area (Å²) in [6.45, 7) is 9.20. The van der Waals surface area contributed by atoms with E-state index in [-0.39, 0.29) is 18.0 Å². The number of likely N-dealkylation sites (tertiary alicyclic amines) is 1. The summed E-state index contributed by atoms with van der Waals surface area (Å²) in [4.78, 5) is 19.4. The first kappa shape index (κ1) is 18.3. The van der Waals surface area contributed by atoms with Crippen LogP contribution in [0.25, 0.3) is 4.96 Å². The number of fused-ring (bicyclic) bond motifs is 1. The van der Waals surface area contributed by atoms with E-state index in [9.17, 15) is 4.79 Å². The summed E-state index contributed by atoms with van der Waals surface area (Å²) in [5.41, 5.74) is 0.666. The predicted molar refractivity (Wildman–Crippen MR) is 95.7 cm³/mol. The van der Waals surface area contributed by atoms with Crippen molar-refractivity contribution in [2.24, 2.45) is 5.92 Å². The number of aromatic nitrogens is 3. The molecule has 3 rings (SSSR count). The predicted octanol–water partition coefficient (Wildman–Crippen LogP) is 1.70. The Balaban J connectivity index is 0.00000192. The molecule has 0 atom stereocenters. The van der Waals surface area contributed by atoms with Crippen molar-refractivity contribution in [3.63, 3.8) is 0 Å². The Labute approximate surface area is 146 Å². The van der Waals surface area contributed by atoms with Crippen molar-refractivity contribution in [2.45, 2.75) is 33.2 Å². The normalized spacial score (nSPS) is 16.6. The third kappa shape index (κ3) is 4.50. The SMILES string of the molecule is CCNCC1CCN(Cc2nn3c(=O)cc(C)nc3s2)CC1.Cl. The highest BCUT2D eigenvalue weighted by molar-refractivity contribution is 7.16. The van der Waals surface area contributed by atoms with Crippen LogP contribution in [-0.2, 0) is 6.54 Å². The molecule has 1 aliphatic rings. The molecule has 128 valence electrons. The van der Waals surface area contributed by atoms with E-state index in [1.165, 1.54) is 34.8 Å². The molecule has 6 nitrogen and oxygen atoms in total. The zero-order chi connectivity index (χ0) is 15.5. The van der Waals surface area contributed by atoms with E-state index in [4.69, 9.17) is 0 Å². The molecule has 8 heteroatoms. The molecule has 2 aromatic rings. The fourth-order valence-corrected chi connectivity index (χ4v) is 3.90. The number of piperidine rings is 1. The van der Waals surface area contributed by atoms with E-state index >= 15 is 0 Å². The van der Waals surface area contributed by atoms with Gasteiger partial charge in [0.25, 0.3) is 5.56 Å².